The molecule has 0 heterocycles. The Morgan fingerprint density at radius 1 is 1.35 bits per heavy atom. The van der Waals surface area contributed by atoms with Crippen molar-refractivity contribution >= 4 is 11.9 Å². The Labute approximate surface area is 115 Å². The largest absolute Gasteiger partial charge is 0.480 e. The third kappa shape index (κ3) is 3.31. The number of aryl methyl sites for hydroxylation is 1. The third-order valence-electron chi connectivity index (χ3n) is 3.28. The summed E-state index contributed by atoms with van der Waals surface area (Å²) in [5, 5.41) is 11.2. The highest BCUT2D eigenvalue weighted by Crippen LogP contribution is 2.17. The lowest BCUT2D eigenvalue weighted by Gasteiger charge is -2.20. The lowest BCUT2D eigenvalue weighted by Crippen LogP contribution is -2.45. The maximum Gasteiger partial charge on any atom is 0.326 e. The van der Waals surface area contributed by atoms with Crippen LogP contribution in [-0.4, -0.2) is 23.0 Å². The van der Waals surface area contributed by atoms with Crippen molar-refractivity contribution in [1.29, 1.82) is 0 Å². The van der Waals surface area contributed by atoms with Gasteiger partial charge in [-0.1, -0.05) is 26.3 Å². The smallest absolute Gasteiger partial charge is 0.326 e. The molecule has 20 heavy (non-hydrogen) atoms. The summed E-state index contributed by atoms with van der Waals surface area (Å²) < 4.78 is 27.4. The van der Waals surface area contributed by atoms with Crippen LogP contribution in [0.3, 0.4) is 0 Å². The Balaban J connectivity index is 3.07. The van der Waals surface area contributed by atoms with Crippen molar-refractivity contribution < 1.29 is 23.5 Å². The molecule has 1 aromatic carbocycles. The number of nitrogens with one attached hydrogen (secondary N) is 1. The molecule has 0 saturated carbocycles. The fraction of sp³-hybridized carbons (Fsp3) is 0.429. The Bertz CT molecular complexity index is 531. The van der Waals surface area contributed by atoms with Crippen molar-refractivity contribution in [3.05, 3.63) is 34.9 Å². The Morgan fingerprint density at radius 3 is 2.45 bits per heavy atom. The first-order valence-electron chi connectivity index (χ1n) is 6.27. The van der Waals surface area contributed by atoms with E-state index in [1.54, 1.807) is 13.8 Å². The van der Waals surface area contributed by atoms with Crippen LogP contribution in [0.2, 0.25) is 0 Å². The van der Waals surface area contributed by atoms with E-state index in [2.05, 4.69) is 5.32 Å². The van der Waals surface area contributed by atoms with Gasteiger partial charge in [-0.3, -0.25) is 4.79 Å². The Morgan fingerprint density at radius 2 is 1.95 bits per heavy atom. The second kappa shape index (κ2) is 6.45. The first-order chi connectivity index (χ1) is 9.29. The second-order valence-corrected chi connectivity index (χ2v) is 4.73. The first kappa shape index (κ1) is 16.1. The fourth-order valence-corrected chi connectivity index (χ4v) is 1.76. The zero-order valence-corrected chi connectivity index (χ0v) is 11.5. The van der Waals surface area contributed by atoms with Crippen LogP contribution >= 0.6 is 0 Å². The number of hydrogen-bond donors (Lipinski definition) is 2. The van der Waals surface area contributed by atoms with Crippen LogP contribution in [0, 0.1) is 24.5 Å². The molecule has 2 atom stereocenters. The van der Waals surface area contributed by atoms with E-state index in [9.17, 15) is 18.4 Å². The van der Waals surface area contributed by atoms with Crippen molar-refractivity contribution in [3.63, 3.8) is 0 Å². The predicted octanol–water partition coefficient (Wildman–Crippen LogP) is 2.50. The quantitative estimate of drug-likeness (QED) is 0.873. The van der Waals surface area contributed by atoms with Gasteiger partial charge >= 0.3 is 5.97 Å². The highest BCUT2D eigenvalue weighted by atomic mass is 19.1. The number of carbonyl (C=O) groups excluding carboxylic acids is 1. The minimum absolute atomic E-state index is 0.118. The molecule has 0 bridgehead atoms. The molecule has 2 unspecified atom stereocenters. The van der Waals surface area contributed by atoms with Gasteiger partial charge in [-0.2, -0.15) is 0 Å². The molecule has 2 N–H and O–H groups in total. The fourth-order valence-electron chi connectivity index (χ4n) is 1.76. The summed E-state index contributed by atoms with van der Waals surface area (Å²) in [5.41, 5.74) is -0.633. The standard InChI is InChI=1S/C14H17F2NO3/c1-4-7(2)12(14(19)20)17-13(18)10-9(15)6-5-8(3)11(10)16/h5-7,12H,4H2,1-3H3,(H,17,18)(H,19,20). The monoisotopic (exact) mass is 285 g/mol. The summed E-state index contributed by atoms with van der Waals surface area (Å²) >= 11 is 0. The van der Waals surface area contributed by atoms with E-state index < -0.39 is 35.1 Å². The lowest BCUT2D eigenvalue weighted by molar-refractivity contribution is -0.140. The molecule has 110 valence electrons. The Kier molecular flexibility index (Phi) is 5.19. The number of rotatable bonds is 5. The number of carboxylic acid groups (broad SMARTS) is 1. The Hall–Kier alpha value is -1.98. The summed E-state index contributed by atoms with van der Waals surface area (Å²) in [4.78, 5) is 23.0. The first-order valence-corrected chi connectivity index (χ1v) is 6.27. The zero-order valence-electron chi connectivity index (χ0n) is 11.5. The molecule has 0 aliphatic heterocycles. The third-order valence-corrected chi connectivity index (χ3v) is 3.28. The number of aliphatic carboxylic acids is 1. The molecule has 0 saturated heterocycles. The van der Waals surface area contributed by atoms with E-state index in [1.807, 2.05) is 0 Å². The summed E-state index contributed by atoms with van der Waals surface area (Å²) in [5.74, 6) is -4.64. The molecule has 1 rings (SSSR count). The summed E-state index contributed by atoms with van der Waals surface area (Å²) in [7, 11) is 0. The van der Waals surface area contributed by atoms with E-state index in [-0.39, 0.29) is 11.5 Å². The van der Waals surface area contributed by atoms with E-state index >= 15 is 0 Å². The molecule has 0 radical (unpaired) electrons. The van der Waals surface area contributed by atoms with E-state index in [4.69, 9.17) is 5.11 Å². The van der Waals surface area contributed by atoms with Gasteiger partial charge in [-0.05, 0) is 24.5 Å². The predicted molar refractivity (Wildman–Crippen MR) is 69.4 cm³/mol. The van der Waals surface area contributed by atoms with Gasteiger partial charge in [0.25, 0.3) is 5.91 Å². The average molecular weight is 285 g/mol. The van der Waals surface area contributed by atoms with Gasteiger partial charge in [-0.25, -0.2) is 13.6 Å². The lowest BCUT2D eigenvalue weighted by atomic mass is 9.98. The number of carboxylic acids is 1. The highest BCUT2D eigenvalue weighted by molar-refractivity contribution is 5.97. The average Bonchev–Trinajstić information content (AvgIpc) is 2.39. The molecule has 0 spiro atoms. The van der Waals surface area contributed by atoms with Crippen LogP contribution < -0.4 is 5.32 Å². The van der Waals surface area contributed by atoms with E-state index in [1.165, 1.54) is 13.0 Å². The van der Waals surface area contributed by atoms with E-state index in [0.29, 0.717) is 6.42 Å². The molecular formula is C14H17F2NO3. The molecule has 1 amide bonds. The van der Waals surface area contributed by atoms with Crippen molar-refractivity contribution in [2.75, 3.05) is 0 Å². The van der Waals surface area contributed by atoms with Crippen molar-refractivity contribution in [2.45, 2.75) is 33.2 Å². The van der Waals surface area contributed by atoms with Crippen LogP contribution in [0.15, 0.2) is 12.1 Å². The zero-order chi connectivity index (χ0) is 15.4. The second-order valence-electron chi connectivity index (χ2n) is 4.73. The summed E-state index contributed by atoms with van der Waals surface area (Å²) in [6, 6.07) is 1.00. The minimum atomic E-state index is -1.24. The minimum Gasteiger partial charge on any atom is -0.480 e. The number of hydrogen-bond acceptors (Lipinski definition) is 2. The number of benzene rings is 1. The molecule has 4 nitrogen and oxygen atoms in total. The molecule has 1 aromatic rings. The van der Waals surface area contributed by atoms with Gasteiger partial charge in [0.2, 0.25) is 0 Å². The van der Waals surface area contributed by atoms with Crippen molar-refractivity contribution in [2.24, 2.45) is 5.92 Å². The van der Waals surface area contributed by atoms with Crippen LogP contribution in [0.4, 0.5) is 8.78 Å². The normalized spacial score (nSPS) is 13.7. The summed E-state index contributed by atoms with van der Waals surface area (Å²) in [6.45, 7) is 4.80. The maximum absolute atomic E-state index is 13.8. The molecule has 0 aliphatic carbocycles. The highest BCUT2D eigenvalue weighted by Gasteiger charge is 2.28. The van der Waals surface area contributed by atoms with Gasteiger partial charge < -0.3 is 10.4 Å². The van der Waals surface area contributed by atoms with Crippen molar-refractivity contribution in [1.82, 2.24) is 5.32 Å². The van der Waals surface area contributed by atoms with Gasteiger partial charge in [0, 0.05) is 0 Å². The van der Waals surface area contributed by atoms with Crippen molar-refractivity contribution in [3.8, 4) is 0 Å². The van der Waals surface area contributed by atoms with Crippen LogP contribution in [0.25, 0.3) is 0 Å². The van der Waals surface area contributed by atoms with E-state index in [0.717, 1.165) is 6.07 Å². The number of amides is 1. The van der Waals surface area contributed by atoms with Crippen LogP contribution in [0.1, 0.15) is 36.2 Å². The molecule has 0 aliphatic rings. The number of halogens is 2. The van der Waals surface area contributed by atoms with Gasteiger partial charge in [-0.15, -0.1) is 0 Å². The SMILES string of the molecule is CCC(C)C(NC(=O)c1c(F)ccc(C)c1F)C(=O)O. The van der Waals surface area contributed by atoms with Crippen LogP contribution in [-0.2, 0) is 4.79 Å². The molecule has 6 heteroatoms. The number of carbonyl (C=O) groups is 2. The molecule has 0 aromatic heterocycles. The topological polar surface area (TPSA) is 66.4 Å². The van der Waals surface area contributed by atoms with Gasteiger partial charge in [0.15, 0.2) is 0 Å². The van der Waals surface area contributed by atoms with Gasteiger partial charge in [0.05, 0.1) is 0 Å². The van der Waals surface area contributed by atoms with Gasteiger partial charge in [0.1, 0.15) is 23.2 Å². The summed E-state index contributed by atoms with van der Waals surface area (Å²) in [6.07, 6.45) is 0.510. The maximum atomic E-state index is 13.8. The molecular weight excluding hydrogens is 268 g/mol. The van der Waals surface area contributed by atoms with Crippen LogP contribution in [0.5, 0.6) is 0 Å². The molecule has 0 fully saturated rings.